The van der Waals surface area contributed by atoms with Crippen LogP contribution in [0.3, 0.4) is 0 Å². The van der Waals surface area contributed by atoms with E-state index < -0.39 is 6.17 Å². The first kappa shape index (κ1) is 16.3. The molecule has 6 heteroatoms. The molecular formula is C21H17FN4S. The van der Waals surface area contributed by atoms with Crippen molar-refractivity contribution in [2.45, 2.75) is 12.6 Å². The van der Waals surface area contributed by atoms with Crippen molar-refractivity contribution in [2.24, 2.45) is 0 Å². The molecule has 27 heavy (non-hydrogen) atoms. The van der Waals surface area contributed by atoms with E-state index in [1.54, 1.807) is 17.5 Å². The summed E-state index contributed by atoms with van der Waals surface area (Å²) in [5, 5.41) is 1.12. The Morgan fingerprint density at radius 2 is 2.04 bits per heavy atom. The van der Waals surface area contributed by atoms with Gasteiger partial charge in [0.1, 0.15) is 16.8 Å². The van der Waals surface area contributed by atoms with E-state index in [9.17, 15) is 4.39 Å². The fraction of sp³-hybridized carbons (Fsp3) is 0.190. The van der Waals surface area contributed by atoms with Gasteiger partial charge in [0.15, 0.2) is 0 Å². The molecule has 4 aromatic rings. The lowest BCUT2D eigenvalue weighted by Gasteiger charge is -2.16. The van der Waals surface area contributed by atoms with Gasteiger partial charge in [-0.2, -0.15) is 0 Å². The van der Waals surface area contributed by atoms with Crippen LogP contribution in [-0.2, 0) is 0 Å². The number of aromatic nitrogens is 3. The molecule has 5 rings (SSSR count). The fourth-order valence-electron chi connectivity index (χ4n) is 3.38. The van der Waals surface area contributed by atoms with Crippen molar-refractivity contribution >= 4 is 27.4 Å². The molecule has 1 aliphatic heterocycles. The van der Waals surface area contributed by atoms with Gasteiger partial charge in [-0.3, -0.25) is 4.98 Å². The lowest BCUT2D eigenvalue weighted by molar-refractivity contribution is 0.364. The normalized spacial score (nSPS) is 16.9. The minimum absolute atomic E-state index is 0.433. The number of hydrogen-bond donors (Lipinski definition) is 0. The topological polar surface area (TPSA) is 41.9 Å². The number of hydrogen-bond acceptors (Lipinski definition) is 5. The Morgan fingerprint density at radius 1 is 1.07 bits per heavy atom. The standard InChI is InChI=1S/C21H17FN4S/c22-17-7-9-26(13-17)20-6-4-15(12-24-20)18-5-3-14-10-19(27-21(14)25-18)16-2-1-8-23-11-16/h1-6,8,10-12,17H,7,9,13H2. The van der Waals surface area contributed by atoms with Gasteiger partial charge in [0.05, 0.1) is 12.2 Å². The van der Waals surface area contributed by atoms with Crippen LogP contribution in [0.15, 0.2) is 61.1 Å². The van der Waals surface area contributed by atoms with E-state index in [0.717, 1.165) is 44.3 Å². The molecule has 5 heterocycles. The molecule has 0 saturated carbocycles. The van der Waals surface area contributed by atoms with Crippen LogP contribution >= 0.6 is 11.3 Å². The Hall–Kier alpha value is -2.86. The smallest absolute Gasteiger partial charge is 0.128 e. The zero-order valence-corrected chi connectivity index (χ0v) is 15.4. The number of pyridine rings is 3. The number of fused-ring (bicyclic) bond motifs is 1. The highest BCUT2D eigenvalue weighted by Gasteiger charge is 2.22. The summed E-state index contributed by atoms with van der Waals surface area (Å²) in [7, 11) is 0. The quantitative estimate of drug-likeness (QED) is 0.506. The highest BCUT2D eigenvalue weighted by atomic mass is 32.1. The van der Waals surface area contributed by atoms with Crippen LogP contribution in [0.2, 0.25) is 0 Å². The number of rotatable bonds is 3. The van der Waals surface area contributed by atoms with Crippen molar-refractivity contribution in [3.05, 3.63) is 61.1 Å². The minimum Gasteiger partial charge on any atom is -0.354 e. The summed E-state index contributed by atoms with van der Waals surface area (Å²) in [5.41, 5.74) is 2.96. The maximum atomic E-state index is 13.4. The Labute approximate surface area is 160 Å². The SMILES string of the molecule is FC1CCN(c2ccc(-c3ccc4cc(-c5cccnc5)sc4n3)cn2)C1. The van der Waals surface area contributed by atoms with Gasteiger partial charge in [-0.15, -0.1) is 11.3 Å². The molecule has 0 aliphatic carbocycles. The number of halogens is 1. The Morgan fingerprint density at radius 3 is 2.78 bits per heavy atom. The highest BCUT2D eigenvalue weighted by Crippen LogP contribution is 2.33. The van der Waals surface area contributed by atoms with Gasteiger partial charge in [-0.05, 0) is 42.8 Å². The van der Waals surface area contributed by atoms with E-state index in [4.69, 9.17) is 4.98 Å². The van der Waals surface area contributed by atoms with Crippen molar-refractivity contribution in [2.75, 3.05) is 18.0 Å². The van der Waals surface area contributed by atoms with Crippen molar-refractivity contribution in [1.82, 2.24) is 15.0 Å². The lowest BCUT2D eigenvalue weighted by atomic mass is 10.1. The summed E-state index contributed by atoms with van der Waals surface area (Å²) < 4.78 is 13.4. The fourth-order valence-corrected chi connectivity index (χ4v) is 4.40. The summed E-state index contributed by atoms with van der Waals surface area (Å²) in [6, 6.07) is 14.2. The number of thiophene rings is 1. The average Bonchev–Trinajstić information content (AvgIpc) is 3.34. The molecule has 0 bridgehead atoms. The lowest BCUT2D eigenvalue weighted by Crippen LogP contribution is -2.20. The molecule has 1 aliphatic rings. The first-order valence-electron chi connectivity index (χ1n) is 8.93. The van der Waals surface area contributed by atoms with E-state index in [2.05, 4.69) is 28.2 Å². The van der Waals surface area contributed by atoms with Crippen LogP contribution in [0.5, 0.6) is 0 Å². The Balaban J connectivity index is 1.44. The second-order valence-electron chi connectivity index (χ2n) is 6.68. The highest BCUT2D eigenvalue weighted by molar-refractivity contribution is 7.21. The first-order chi connectivity index (χ1) is 13.3. The molecule has 4 nitrogen and oxygen atoms in total. The Bertz CT molecular complexity index is 1080. The molecule has 1 fully saturated rings. The van der Waals surface area contributed by atoms with Gasteiger partial charge in [0.25, 0.3) is 0 Å². The summed E-state index contributed by atoms with van der Waals surface area (Å²) >= 11 is 1.66. The van der Waals surface area contributed by atoms with Crippen LogP contribution in [0.4, 0.5) is 10.2 Å². The second-order valence-corrected chi connectivity index (χ2v) is 7.71. The third-order valence-electron chi connectivity index (χ3n) is 4.83. The van der Waals surface area contributed by atoms with Crippen molar-refractivity contribution < 1.29 is 4.39 Å². The summed E-state index contributed by atoms with van der Waals surface area (Å²) in [6.07, 6.45) is 5.31. The van der Waals surface area contributed by atoms with E-state index >= 15 is 0 Å². The van der Waals surface area contributed by atoms with Gasteiger partial charge in [-0.25, -0.2) is 14.4 Å². The Kier molecular flexibility index (Phi) is 4.05. The van der Waals surface area contributed by atoms with Crippen molar-refractivity contribution in [3.8, 4) is 21.7 Å². The third kappa shape index (κ3) is 3.17. The summed E-state index contributed by atoms with van der Waals surface area (Å²) in [5.74, 6) is 0.829. The van der Waals surface area contributed by atoms with E-state index in [0.29, 0.717) is 13.0 Å². The number of anilines is 1. The number of alkyl halides is 1. The monoisotopic (exact) mass is 376 g/mol. The van der Waals surface area contributed by atoms with E-state index in [1.807, 2.05) is 41.6 Å². The predicted molar refractivity (Wildman–Crippen MR) is 108 cm³/mol. The zero-order chi connectivity index (χ0) is 18.2. The van der Waals surface area contributed by atoms with Crippen LogP contribution in [0, 0.1) is 0 Å². The minimum atomic E-state index is -0.747. The molecule has 134 valence electrons. The van der Waals surface area contributed by atoms with Crippen LogP contribution in [0.25, 0.3) is 31.9 Å². The van der Waals surface area contributed by atoms with Crippen LogP contribution in [0.1, 0.15) is 6.42 Å². The molecule has 1 saturated heterocycles. The van der Waals surface area contributed by atoms with Crippen molar-refractivity contribution in [3.63, 3.8) is 0 Å². The van der Waals surface area contributed by atoms with Gasteiger partial charge in [0, 0.05) is 46.5 Å². The molecular weight excluding hydrogens is 359 g/mol. The van der Waals surface area contributed by atoms with Gasteiger partial charge < -0.3 is 4.90 Å². The van der Waals surface area contributed by atoms with Crippen LogP contribution < -0.4 is 4.90 Å². The maximum Gasteiger partial charge on any atom is 0.128 e. The maximum absolute atomic E-state index is 13.4. The summed E-state index contributed by atoms with van der Waals surface area (Å²) in [4.78, 5) is 17.7. The van der Waals surface area contributed by atoms with Gasteiger partial charge >= 0.3 is 0 Å². The van der Waals surface area contributed by atoms with Crippen molar-refractivity contribution in [1.29, 1.82) is 0 Å². The van der Waals surface area contributed by atoms with E-state index in [-0.39, 0.29) is 0 Å². The zero-order valence-electron chi connectivity index (χ0n) is 14.5. The summed E-state index contributed by atoms with van der Waals surface area (Å²) in [6.45, 7) is 1.16. The number of nitrogens with zero attached hydrogens (tertiary/aromatic N) is 4. The third-order valence-corrected chi connectivity index (χ3v) is 5.92. The molecule has 1 unspecified atom stereocenters. The molecule has 0 amide bonds. The molecule has 0 radical (unpaired) electrons. The molecule has 0 aromatic carbocycles. The first-order valence-corrected chi connectivity index (χ1v) is 9.74. The molecule has 0 spiro atoms. The molecule has 4 aromatic heterocycles. The average molecular weight is 376 g/mol. The van der Waals surface area contributed by atoms with E-state index in [1.165, 1.54) is 0 Å². The second kappa shape index (κ2) is 6.70. The van der Waals surface area contributed by atoms with Gasteiger partial charge in [-0.1, -0.05) is 6.07 Å². The van der Waals surface area contributed by atoms with Gasteiger partial charge in [0.2, 0.25) is 0 Å². The largest absolute Gasteiger partial charge is 0.354 e. The van der Waals surface area contributed by atoms with Crippen LogP contribution in [-0.4, -0.2) is 34.2 Å². The molecule has 1 atom stereocenters. The predicted octanol–water partition coefficient (Wildman–Crippen LogP) is 4.97. The molecule has 0 N–H and O–H groups in total.